The summed E-state index contributed by atoms with van der Waals surface area (Å²) >= 11 is 2.15. The van der Waals surface area contributed by atoms with Crippen LogP contribution < -0.4 is 0 Å². The van der Waals surface area contributed by atoms with Crippen LogP contribution in [0, 0.1) is 10.5 Å². The number of carbonyl (C=O) groups is 1. The van der Waals surface area contributed by atoms with Gasteiger partial charge in [0.15, 0.2) is 5.76 Å². The fourth-order valence-electron chi connectivity index (χ4n) is 1.50. The van der Waals surface area contributed by atoms with Gasteiger partial charge in [-0.3, -0.25) is 0 Å². The number of benzene rings is 1. The van der Waals surface area contributed by atoms with Crippen molar-refractivity contribution in [2.45, 2.75) is 6.92 Å². The van der Waals surface area contributed by atoms with Crippen molar-refractivity contribution in [2.75, 3.05) is 7.11 Å². The van der Waals surface area contributed by atoms with Crippen LogP contribution in [0.25, 0.3) is 11.3 Å². The van der Waals surface area contributed by atoms with E-state index in [4.69, 9.17) is 9.26 Å². The number of nitrogens with zero attached hydrogens (tertiary/aromatic N) is 1. The molecular weight excluding hydrogens is 333 g/mol. The molecular formula is C12H10INO3. The first-order chi connectivity index (χ1) is 8.15. The first-order valence-corrected chi connectivity index (χ1v) is 6.02. The fourth-order valence-corrected chi connectivity index (χ4v) is 1.98. The zero-order valence-electron chi connectivity index (χ0n) is 9.36. The first-order valence-electron chi connectivity index (χ1n) is 4.94. The lowest BCUT2D eigenvalue weighted by atomic mass is 10.1. The third kappa shape index (κ3) is 2.19. The second kappa shape index (κ2) is 4.87. The standard InChI is InChI=1S/C12H10INO3/c1-7-10(13)11(17-14-7)8-5-3-4-6-9(8)12(15)16-2/h3-6H,1-2H3. The Hall–Kier alpha value is -1.37. The van der Waals surface area contributed by atoms with Crippen LogP contribution in [0.5, 0.6) is 0 Å². The predicted octanol–water partition coefficient (Wildman–Crippen LogP) is 3.04. The van der Waals surface area contributed by atoms with Gasteiger partial charge in [0.1, 0.15) is 0 Å². The summed E-state index contributed by atoms with van der Waals surface area (Å²) in [7, 11) is 1.36. The van der Waals surface area contributed by atoms with Gasteiger partial charge in [0, 0.05) is 5.56 Å². The molecule has 17 heavy (non-hydrogen) atoms. The van der Waals surface area contributed by atoms with E-state index in [9.17, 15) is 4.79 Å². The van der Waals surface area contributed by atoms with E-state index >= 15 is 0 Å². The zero-order chi connectivity index (χ0) is 12.4. The number of aryl methyl sites for hydroxylation is 1. The molecule has 1 heterocycles. The van der Waals surface area contributed by atoms with Crippen molar-refractivity contribution in [2.24, 2.45) is 0 Å². The van der Waals surface area contributed by atoms with E-state index in [0.29, 0.717) is 16.9 Å². The molecule has 0 unspecified atom stereocenters. The Balaban J connectivity index is 2.60. The van der Waals surface area contributed by atoms with Crippen molar-refractivity contribution in [3.63, 3.8) is 0 Å². The summed E-state index contributed by atoms with van der Waals surface area (Å²) in [4.78, 5) is 11.6. The van der Waals surface area contributed by atoms with Gasteiger partial charge in [0.05, 0.1) is 21.9 Å². The summed E-state index contributed by atoms with van der Waals surface area (Å²) in [5.74, 6) is 0.217. The van der Waals surface area contributed by atoms with Gasteiger partial charge in [-0.25, -0.2) is 4.79 Å². The summed E-state index contributed by atoms with van der Waals surface area (Å²) in [6.45, 7) is 1.86. The molecule has 88 valence electrons. The van der Waals surface area contributed by atoms with Crippen LogP contribution in [0.2, 0.25) is 0 Å². The lowest BCUT2D eigenvalue weighted by Gasteiger charge is -2.04. The predicted molar refractivity (Wildman–Crippen MR) is 70.7 cm³/mol. The van der Waals surface area contributed by atoms with E-state index in [0.717, 1.165) is 9.26 Å². The average Bonchev–Trinajstić information content (AvgIpc) is 2.69. The number of ether oxygens (including phenoxy) is 1. The third-order valence-electron chi connectivity index (χ3n) is 2.37. The van der Waals surface area contributed by atoms with Gasteiger partial charge in [-0.1, -0.05) is 23.4 Å². The van der Waals surface area contributed by atoms with E-state index in [-0.39, 0.29) is 5.97 Å². The lowest BCUT2D eigenvalue weighted by Crippen LogP contribution is -2.03. The maximum atomic E-state index is 11.6. The largest absolute Gasteiger partial charge is 0.465 e. The average molecular weight is 343 g/mol. The molecule has 0 saturated carbocycles. The Morgan fingerprint density at radius 3 is 2.71 bits per heavy atom. The SMILES string of the molecule is COC(=O)c1ccccc1-c1onc(C)c1I. The Labute approximate surface area is 112 Å². The van der Waals surface area contributed by atoms with Gasteiger partial charge in [-0.15, -0.1) is 0 Å². The van der Waals surface area contributed by atoms with Gasteiger partial charge in [-0.05, 0) is 35.6 Å². The second-order valence-corrected chi connectivity index (χ2v) is 4.53. The number of hydrogen-bond acceptors (Lipinski definition) is 4. The number of hydrogen-bond donors (Lipinski definition) is 0. The van der Waals surface area contributed by atoms with Crippen molar-refractivity contribution in [1.82, 2.24) is 5.16 Å². The summed E-state index contributed by atoms with van der Waals surface area (Å²) in [5.41, 5.74) is 1.98. The molecule has 0 aliphatic heterocycles. The van der Waals surface area contributed by atoms with Crippen molar-refractivity contribution < 1.29 is 14.1 Å². The van der Waals surface area contributed by atoms with Crippen LogP contribution >= 0.6 is 22.6 Å². The fraction of sp³-hybridized carbons (Fsp3) is 0.167. The van der Waals surface area contributed by atoms with Crippen molar-refractivity contribution in [3.05, 3.63) is 39.1 Å². The molecule has 0 atom stereocenters. The maximum absolute atomic E-state index is 11.6. The van der Waals surface area contributed by atoms with Crippen LogP contribution in [0.3, 0.4) is 0 Å². The van der Waals surface area contributed by atoms with Crippen LogP contribution in [0.4, 0.5) is 0 Å². The minimum Gasteiger partial charge on any atom is -0.465 e. The van der Waals surface area contributed by atoms with Gasteiger partial charge in [-0.2, -0.15) is 0 Å². The van der Waals surface area contributed by atoms with E-state index in [1.165, 1.54) is 7.11 Å². The lowest BCUT2D eigenvalue weighted by molar-refractivity contribution is 0.0601. The Morgan fingerprint density at radius 1 is 1.41 bits per heavy atom. The summed E-state index contributed by atoms with van der Waals surface area (Å²) in [6.07, 6.45) is 0. The molecule has 0 radical (unpaired) electrons. The van der Waals surface area contributed by atoms with Crippen LogP contribution in [0.15, 0.2) is 28.8 Å². The Morgan fingerprint density at radius 2 is 2.12 bits per heavy atom. The normalized spacial score (nSPS) is 10.3. The molecule has 0 saturated heterocycles. The number of rotatable bonds is 2. The first kappa shape index (κ1) is 12.1. The highest BCUT2D eigenvalue weighted by Gasteiger charge is 2.19. The van der Waals surface area contributed by atoms with Gasteiger partial charge in [0.2, 0.25) is 0 Å². The molecule has 0 bridgehead atoms. The Kier molecular flexibility index (Phi) is 3.46. The molecule has 0 N–H and O–H groups in total. The van der Waals surface area contributed by atoms with E-state index in [1.54, 1.807) is 12.1 Å². The molecule has 0 amide bonds. The van der Waals surface area contributed by atoms with Crippen molar-refractivity contribution >= 4 is 28.6 Å². The summed E-state index contributed by atoms with van der Waals surface area (Å²) < 4.78 is 10.9. The molecule has 0 spiro atoms. The third-order valence-corrected chi connectivity index (χ3v) is 3.64. The minimum atomic E-state index is -0.384. The molecule has 5 heteroatoms. The molecule has 2 rings (SSSR count). The number of methoxy groups -OCH3 is 1. The van der Waals surface area contributed by atoms with E-state index in [1.807, 2.05) is 19.1 Å². The number of aromatic nitrogens is 1. The molecule has 2 aromatic rings. The van der Waals surface area contributed by atoms with Crippen LogP contribution in [0.1, 0.15) is 16.1 Å². The minimum absolute atomic E-state index is 0.384. The zero-order valence-corrected chi connectivity index (χ0v) is 11.5. The molecule has 4 nitrogen and oxygen atoms in total. The maximum Gasteiger partial charge on any atom is 0.338 e. The van der Waals surface area contributed by atoms with Crippen molar-refractivity contribution in [1.29, 1.82) is 0 Å². The molecule has 1 aromatic heterocycles. The molecule has 0 aliphatic carbocycles. The highest BCUT2D eigenvalue weighted by Crippen LogP contribution is 2.30. The monoisotopic (exact) mass is 343 g/mol. The second-order valence-electron chi connectivity index (χ2n) is 3.45. The summed E-state index contributed by atoms with van der Waals surface area (Å²) in [6, 6.07) is 7.14. The number of carbonyl (C=O) groups excluding carboxylic acids is 1. The molecule has 0 aliphatic rings. The smallest absolute Gasteiger partial charge is 0.338 e. The highest BCUT2D eigenvalue weighted by molar-refractivity contribution is 14.1. The van der Waals surface area contributed by atoms with E-state index < -0.39 is 0 Å². The summed E-state index contributed by atoms with van der Waals surface area (Å²) in [5, 5.41) is 3.88. The quantitative estimate of drug-likeness (QED) is 0.621. The van der Waals surface area contributed by atoms with Gasteiger partial charge >= 0.3 is 5.97 Å². The Bertz CT molecular complexity index is 563. The topological polar surface area (TPSA) is 52.3 Å². The van der Waals surface area contributed by atoms with Gasteiger partial charge in [0.25, 0.3) is 0 Å². The number of halogens is 1. The van der Waals surface area contributed by atoms with E-state index in [2.05, 4.69) is 27.7 Å². The van der Waals surface area contributed by atoms with Crippen molar-refractivity contribution in [3.8, 4) is 11.3 Å². The van der Waals surface area contributed by atoms with Gasteiger partial charge < -0.3 is 9.26 Å². The molecule has 1 aromatic carbocycles. The van der Waals surface area contributed by atoms with Crippen LogP contribution in [-0.2, 0) is 4.74 Å². The number of esters is 1. The molecule has 0 fully saturated rings. The van der Waals surface area contributed by atoms with Crippen LogP contribution in [-0.4, -0.2) is 18.2 Å². The highest BCUT2D eigenvalue weighted by atomic mass is 127.